The third-order valence-corrected chi connectivity index (χ3v) is 8.64. The van der Waals surface area contributed by atoms with E-state index in [0.29, 0.717) is 18.3 Å². The van der Waals surface area contributed by atoms with Gasteiger partial charge in [-0.25, -0.2) is 19.3 Å². The molecular formula is C28H31N7O3. The summed E-state index contributed by atoms with van der Waals surface area (Å²) >= 11 is 0. The lowest BCUT2D eigenvalue weighted by molar-refractivity contribution is -0.0345. The lowest BCUT2D eigenvalue weighted by Crippen LogP contribution is -2.44. The zero-order valence-electron chi connectivity index (χ0n) is 21.8. The summed E-state index contributed by atoms with van der Waals surface area (Å²) in [6.07, 6.45) is 4.00. The number of pyridine rings is 1. The zero-order chi connectivity index (χ0) is 26.1. The van der Waals surface area contributed by atoms with Crippen LogP contribution in [-0.2, 0) is 20.5 Å². The van der Waals surface area contributed by atoms with Gasteiger partial charge >= 0.3 is 5.97 Å². The van der Waals surface area contributed by atoms with Crippen molar-refractivity contribution >= 4 is 17.3 Å². The number of aromatic nitrogens is 6. The predicted molar refractivity (Wildman–Crippen MR) is 139 cm³/mol. The number of H-pyrrole nitrogens is 1. The van der Waals surface area contributed by atoms with Crippen molar-refractivity contribution in [1.82, 2.24) is 29.8 Å². The molecule has 2 bridgehead atoms. The Labute approximate surface area is 220 Å². The summed E-state index contributed by atoms with van der Waals surface area (Å²) in [4.78, 5) is 23.9. The normalized spacial score (nSPS) is 28.1. The topological polar surface area (TPSA) is 111 Å². The molecule has 3 unspecified atom stereocenters. The molecule has 3 aromatic heterocycles. The van der Waals surface area contributed by atoms with Crippen molar-refractivity contribution in [1.29, 1.82) is 0 Å². The Kier molecular flexibility index (Phi) is 5.13. The van der Waals surface area contributed by atoms with Crippen molar-refractivity contribution in [2.45, 2.75) is 50.5 Å². The molecule has 1 aromatic carbocycles. The standard InChI is InChI=1S/C28H31N7O3/c1-4-37-25(36)23-29-22(31-32-23)21-18-13-28(21,38-15-18)26-30-24-17(2)12-20(14-35(24)33-26)34-11-10-27(3,16-34)19-8-6-5-7-9-19/h5-9,12,14,18,21H,4,10-11,13,15-16H2,1-3H3,(H,29,31,32)/t18?,21?,27-,28?/m0/s1. The highest BCUT2D eigenvalue weighted by Gasteiger charge is 2.66. The Bertz CT molecular complexity index is 1530. The van der Waals surface area contributed by atoms with Gasteiger partial charge in [0.2, 0.25) is 0 Å². The average molecular weight is 514 g/mol. The fraction of sp³-hybridized carbons (Fsp3) is 0.464. The first-order chi connectivity index (χ1) is 18.4. The van der Waals surface area contributed by atoms with Crippen molar-refractivity contribution in [2.24, 2.45) is 5.92 Å². The van der Waals surface area contributed by atoms with Crippen LogP contribution in [0.4, 0.5) is 5.69 Å². The lowest BCUT2D eigenvalue weighted by atomic mass is 9.63. The smallest absolute Gasteiger partial charge is 0.378 e. The van der Waals surface area contributed by atoms with Crippen molar-refractivity contribution < 1.29 is 14.3 Å². The lowest BCUT2D eigenvalue weighted by Gasteiger charge is -2.41. The molecule has 196 valence electrons. The first-order valence-corrected chi connectivity index (χ1v) is 13.3. The van der Waals surface area contributed by atoms with Crippen molar-refractivity contribution in [3.05, 3.63) is 71.2 Å². The van der Waals surface area contributed by atoms with Crippen molar-refractivity contribution in [2.75, 3.05) is 31.2 Å². The van der Waals surface area contributed by atoms with E-state index in [1.165, 1.54) is 5.56 Å². The molecule has 1 saturated carbocycles. The Balaban J connectivity index is 1.18. The van der Waals surface area contributed by atoms with E-state index in [0.717, 1.165) is 42.8 Å². The predicted octanol–water partition coefficient (Wildman–Crippen LogP) is 3.53. The molecular weight excluding hydrogens is 482 g/mol. The second kappa shape index (κ2) is 8.36. The Morgan fingerprint density at radius 2 is 2.11 bits per heavy atom. The van der Waals surface area contributed by atoms with Crippen molar-refractivity contribution in [3.8, 4) is 0 Å². The highest BCUT2D eigenvalue weighted by molar-refractivity contribution is 5.85. The van der Waals surface area contributed by atoms with Crippen LogP contribution in [0.15, 0.2) is 42.6 Å². The number of fused-ring (bicyclic) bond motifs is 2. The monoisotopic (exact) mass is 513 g/mol. The van der Waals surface area contributed by atoms with Crippen LogP contribution in [-0.4, -0.2) is 62.1 Å². The molecule has 1 N–H and O–H groups in total. The van der Waals surface area contributed by atoms with Gasteiger partial charge in [0.15, 0.2) is 11.5 Å². The second-order valence-corrected chi connectivity index (χ2v) is 11.1. The average Bonchev–Trinajstić information content (AvgIpc) is 3.72. The van der Waals surface area contributed by atoms with Crippen LogP contribution in [0.3, 0.4) is 0 Å². The van der Waals surface area contributed by atoms with E-state index in [2.05, 4.69) is 76.5 Å². The molecule has 0 radical (unpaired) electrons. The molecule has 4 aromatic rings. The zero-order valence-corrected chi connectivity index (χ0v) is 21.8. The molecule has 38 heavy (non-hydrogen) atoms. The van der Waals surface area contributed by atoms with Crippen LogP contribution in [0.25, 0.3) is 5.65 Å². The third kappa shape index (κ3) is 3.39. The number of hydrogen-bond donors (Lipinski definition) is 1. The van der Waals surface area contributed by atoms with Crippen LogP contribution in [0, 0.1) is 12.8 Å². The van der Waals surface area contributed by atoms with Crippen LogP contribution >= 0.6 is 0 Å². The van der Waals surface area contributed by atoms with Gasteiger partial charge in [0, 0.05) is 18.5 Å². The third-order valence-electron chi connectivity index (χ3n) is 8.64. The van der Waals surface area contributed by atoms with E-state index in [1.54, 1.807) is 6.92 Å². The van der Waals surface area contributed by atoms with Gasteiger partial charge in [-0.15, -0.1) is 10.2 Å². The summed E-state index contributed by atoms with van der Waals surface area (Å²) in [6.45, 7) is 9.01. The van der Waals surface area contributed by atoms with E-state index in [1.807, 2.05) is 4.52 Å². The van der Waals surface area contributed by atoms with Crippen LogP contribution in [0.1, 0.15) is 66.0 Å². The Morgan fingerprint density at radius 1 is 1.26 bits per heavy atom. The van der Waals surface area contributed by atoms with Gasteiger partial charge in [0.25, 0.3) is 5.82 Å². The number of carbonyl (C=O) groups is 1. The van der Waals surface area contributed by atoms with Gasteiger partial charge in [-0.05, 0) is 49.8 Å². The van der Waals surface area contributed by atoms with Gasteiger partial charge in [-0.1, -0.05) is 37.3 Å². The summed E-state index contributed by atoms with van der Waals surface area (Å²) in [7, 11) is 0. The molecule has 3 saturated heterocycles. The van der Waals surface area contributed by atoms with E-state index < -0.39 is 11.6 Å². The molecule has 10 nitrogen and oxygen atoms in total. The fourth-order valence-corrected chi connectivity index (χ4v) is 6.59. The van der Waals surface area contributed by atoms with E-state index in [9.17, 15) is 4.79 Å². The molecule has 10 heteroatoms. The molecule has 6 heterocycles. The Morgan fingerprint density at radius 3 is 2.89 bits per heavy atom. The van der Waals surface area contributed by atoms with Gasteiger partial charge in [-0.2, -0.15) is 0 Å². The maximum Gasteiger partial charge on any atom is 0.378 e. The number of ether oxygens (including phenoxy) is 2. The van der Waals surface area contributed by atoms with Crippen molar-refractivity contribution in [3.63, 3.8) is 0 Å². The quantitative estimate of drug-likeness (QED) is 0.390. The van der Waals surface area contributed by atoms with E-state index >= 15 is 0 Å². The maximum absolute atomic E-state index is 12.1. The fourth-order valence-electron chi connectivity index (χ4n) is 6.59. The second-order valence-electron chi connectivity index (χ2n) is 11.1. The first kappa shape index (κ1) is 23.3. The van der Waals surface area contributed by atoms with E-state index in [4.69, 9.17) is 19.6 Å². The van der Waals surface area contributed by atoms with E-state index in [-0.39, 0.29) is 29.7 Å². The maximum atomic E-state index is 12.1. The molecule has 4 atom stereocenters. The summed E-state index contributed by atoms with van der Waals surface area (Å²) in [6, 6.07) is 13.0. The minimum atomic E-state index is -0.672. The van der Waals surface area contributed by atoms with Gasteiger partial charge in [-0.3, -0.25) is 5.10 Å². The number of carbonyl (C=O) groups excluding carboxylic acids is 1. The molecule has 4 fully saturated rings. The number of rotatable bonds is 6. The summed E-state index contributed by atoms with van der Waals surface area (Å²) in [5, 5.41) is 12.0. The number of hydrogen-bond acceptors (Lipinski definition) is 8. The summed E-state index contributed by atoms with van der Waals surface area (Å²) in [5.41, 5.74) is 3.86. The molecule has 8 rings (SSSR count). The highest BCUT2D eigenvalue weighted by Crippen LogP contribution is 2.63. The minimum absolute atomic E-state index is 0.0415. The summed E-state index contributed by atoms with van der Waals surface area (Å²) < 4.78 is 13.2. The number of anilines is 1. The SMILES string of the molecule is CCOC(=O)c1n[nH]c(C2C3COC2(c2nc4c(C)cc(N5CC[C@](C)(c6ccccc6)C5)cn4n2)C3)n1. The number of aromatic amines is 1. The molecule has 3 aliphatic heterocycles. The highest BCUT2D eigenvalue weighted by atomic mass is 16.5. The molecule has 4 aliphatic rings. The molecule has 0 spiro atoms. The van der Waals surface area contributed by atoms with Crippen LogP contribution in [0.2, 0.25) is 0 Å². The number of esters is 1. The van der Waals surface area contributed by atoms with Crippen LogP contribution in [0.5, 0.6) is 0 Å². The number of benzene rings is 1. The van der Waals surface area contributed by atoms with Crippen LogP contribution < -0.4 is 4.90 Å². The largest absolute Gasteiger partial charge is 0.460 e. The minimum Gasteiger partial charge on any atom is -0.460 e. The van der Waals surface area contributed by atoms with Gasteiger partial charge in [0.1, 0.15) is 11.4 Å². The summed E-state index contributed by atoms with van der Waals surface area (Å²) in [5.74, 6) is 0.981. The molecule has 0 amide bonds. The number of nitrogens with one attached hydrogen (secondary N) is 1. The van der Waals surface area contributed by atoms with Gasteiger partial charge in [0.05, 0.1) is 31.0 Å². The first-order valence-electron chi connectivity index (χ1n) is 13.3. The Hall–Kier alpha value is -3.79. The van der Waals surface area contributed by atoms with Gasteiger partial charge < -0.3 is 14.4 Å². The molecule has 1 aliphatic carbocycles. The number of aryl methyl sites for hydroxylation is 1. The number of nitrogens with zero attached hydrogens (tertiary/aromatic N) is 6.